The molecule has 1 N–H and O–H groups in total. The molecule has 5 heteroatoms. The molecular formula is C15H14N2O3. The van der Waals surface area contributed by atoms with E-state index in [0.29, 0.717) is 12.5 Å². The minimum atomic E-state index is 0.283. The molecule has 1 aromatic heterocycles. The fourth-order valence-corrected chi connectivity index (χ4v) is 2.39. The van der Waals surface area contributed by atoms with E-state index < -0.39 is 0 Å². The Bertz CT molecular complexity index is 658. The van der Waals surface area contributed by atoms with Crippen LogP contribution in [0.3, 0.4) is 0 Å². The maximum atomic E-state index is 5.67. The number of benzene rings is 1. The number of fused-ring (bicyclic) bond motifs is 2. The van der Waals surface area contributed by atoms with Crippen molar-refractivity contribution in [1.82, 2.24) is 10.3 Å². The smallest absolute Gasteiger partial charge is 0.231 e. The van der Waals surface area contributed by atoms with E-state index >= 15 is 0 Å². The van der Waals surface area contributed by atoms with E-state index in [9.17, 15) is 0 Å². The van der Waals surface area contributed by atoms with Crippen molar-refractivity contribution in [3.8, 4) is 28.6 Å². The molecule has 0 radical (unpaired) electrons. The van der Waals surface area contributed by atoms with E-state index in [1.165, 1.54) is 0 Å². The molecule has 0 amide bonds. The van der Waals surface area contributed by atoms with Gasteiger partial charge in [0.15, 0.2) is 11.5 Å². The average Bonchev–Trinajstić information content (AvgIpc) is 2.83. The van der Waals surface area contributed by atoms with E-state index in [1.807, 2.05) is 24.3 Å². The van der Waals surface area contributed by atoms with Crippen molar-refractivity contribution in [3.63, 3.8) is 0 Å². The minimum absolute atomic E-state index is 0.283. The molecule has 2 aromatic rings. The van der Waals surface area contributed by atoms with Crippen LogP contribution in [0, 0.1) is 0 Å². The highest BCUT2D eigenvalue weighted by molar-refractivity contribution is 5.65. The number of hydrogen-bond donors (Lipinski definition) is 1. The highest BCUT2D eigenvalue weighted by Gasteiger charge is 2.16. The van der Waals surface area contributed by atoms with E-state index in [1.54, 1.807) is 0 Å². The summed E-state index contributed by atoms with van der Waals surface area (Å²) in [5.74, 6) is 2.26. The van der Waals surface area contributed by atoms with Gasteiger partial charge in [-0.15, -0.1) is 0 Å². The fourth-order valence-electron chi connectivity index (χ4n) is 2.39. The second-order valence-electron chi connectivity index (χ2n) is 4.75. The molecule has 2 aliphatic heterocycles. The Balaban J connectivity index is 1.73. The predicted octanol–water partition coefficient (Wildman–Crippen LogP) is 1.96. The SMILES string of the molecule is c1cc2c(cc1-c1ccc3c(n1)OCCNC3)OCO2. The molecule has 5 nitrogen and oxygen atoms in total. The van der Waals surface area contributed by atoms with E-state index in [2.05, 4.69) is 16.4 Å². The Morgan fingerprint density at radius 1 is 1.00 bits per heavy atom. The van der Waals surface area contributed by atoms with Gasteiger partial charge in [0, 0.05) is 24.2 Å². The third-order valence-corrected chi connectivity index (χ3v) is 3.44. The summed E-state index contributed by atoms with van der Waals surface area (Å²) >= 11 is 0. The molecule has 0 spiro atoms. The summed E-state index contributed by atoms with van der Waals surface area (Å²) in [4.78, 5) is 4.61. The Kier molecular flexibility index (Phi) is 2.70. The first-order valence-corrected chi connectivity index (χ1v) is 6.63. The zero-order valence-electron chi connectivity index (χ0n) is 10.9. The van der Waals surface area contributed by atoms with Crippen molar-refractivity contribution in [2.45, 2.75) is 6.54 Å². The molecule has 0 aliphatic carbocycles. The van der Waals surface area contributed by atoms with Crippen LogP contribution in [0.25, 0.3) is 11.3 Å². The maximum absolute atomic E-state index is 5.67. The van der Waals surface area contributed by atoms with E-state index in [0.717, 1.165) is 41.4 Å². The summed E-state index contributed by atoms with van der Waals surface area (Å²) in [6.07, 6.45) is 0. The lowest BCUT2D eigenvalue weighted by Gasteiger charge is -2.08. The lowest BCUT2D eigenvalue weighted by molar-refractivity contribution is 0.174. The Labute approximate surface area is 116 Å². The fraction of sp³-hybridized carbons (Fsp3) is 0.267. The van der Waals surface area contributed by atoms with Crippen LogP contribution in [-0.2, 0) is 6.54 Å². The number of hydrogen-bond acceptors (Lipinski definition) is 5. The normalized spacial score (nSPS) is 16.2. The van der Waals surface area contributed by atoms with Gasteiger partial charge < -0.3 is 19.5 Å². The molecule has 0 saturated carbocycles. The number of ether oxygens (including phenoxy) is 3. The van der Waals surface area contributed by atoms with Gasteiger partial charge in [-0.3, -0.25) is 0 Å². The van der Waals surface area contributed by atoms with Crippen LogP contribution in [0.1, 0.15) is 5.56 Å². The second-order valence-corrected chi connectivity index (χ2v) is 4.75. The molecule has 3 heterocycles. The number of pyridine rings is 1. The Hall–Kier alpha value is -2.27. The third-order valence-electron chi connectivity index (χ3n) is 3.44. The predicted molar refractivity (Wildman–Crippen MR) is 73.0 cm³/mol. The molecule has 0 bridgehead atoms. The molecule has 0 saturated heterocycles. The highest BCUT2D eigenvalue weighted by atomic mass is 16.7. The first kappa shape index (κ1) is 11.5. The zero-order valence-corrected chi connectivity index (χ0v) is 10.9. The van der Waals surface area contributed by atoms with Crippen LogP contribution in [0.15, 0.2) is 30.3 Å². The van der Waals surface area contributed by atoms with Crippen molar-refractivity contribution in [2.24, 2.45) is 0 Å². The quantitative estimate of drug-likeness (QED) is 0.858. The minimum Gasteiger partial charge on any atom is -0.476 e. The number of aromatic nitrogens is 1. The van der Waals surface area contributed by atoms with E-state index in [4.69, 9.17) is 14.2 Å². The second kappa shape index (κ2) is 4.68. The monoisotopic (exact) mass is 270 g/mol. The first-order chi connectivity index (χ1) is 9.90. The number of rotatable bonds is 1. The Morgan fingerprint density at radius 2 is 1.95 bits per heavy atom. The zero-order chi connectivity index (χ0) is 13.4. The van der Waals surface area contributed by atoms with Crippen molar-refractivity contribution in [1.29, 1.82) is 0 Å². The topological polar surface area (TPSA) is 52.6 Å². The third kappa shape index (κ3) is 1.96. The van der Waals surface area contributed by atoms with Gasteiger partial charge in [-0.2, -0.15) is 0 Å². The summed E-state index contributed by atoms with van der Waals surface area (Å²) in [6, 6.07) is 9.91. The molecule has 4 rings (SSSR count). The van der Waals surface area contributed by atoms with Gasteiger partial charge in [-0.1, -0.05) is 6.07 Å². The van der Waals surface area contributed by atoms with Gasteiger partial charge in [-0.05, 0) is 24.3 Å². The van der Waals surface area contributed by atoms with Crippen LogP contribution >= 0.6 is 0 Å². The lowest BCUT2D eigenvalue weighted by Crippen LogP contribution is -2.16. The first-order valence-electron chi connectivity index (χ1n) is 6.63. The molecule has 102 valence electrons. The van der Waals surface area contributed by atoms with E-state index in [-0.39, 0.29) is 6.79 Å². The van der Waals surface area contributed by atoms with Crippen LogP contribution in [0.4, 0.5) is 0 Å². The van der Waals surface area contributed by atoms with Gasteiger partial charge in [-0.25, -0.2) is 4.98 Å². The summed E-state index contributed by atoms with van der Waals surface area (Å²) < 4.78 is 16.4. The van der Waals surface area contributed by atoms with Gasteiger partial charge in [0.05, 0.1) is 5.69 Å². The van der Waals surface area contributed by atoms with Crippen LogP contribution in [0.2, 0.25) is 0 Å². The molecular weight excluding hydrogens is 256 g/mol. The molecule has 2 aliphatic rings. The van der Waals surface area contributed by atoms with Crippen LogP contribution in [-0.4, -0.2) is 24.9 Å². The Morgan fingerprint density at radius 3 is 2.95 bits per heavy atom. The van der Waals surface area contributed by atoms with Crippen molar-refractivity contribution in [3.05, 3.63) is 35.9 Å². The summed E-state index contributed by atoms with van der Waals surface area (Å²) in [5.41, 5.74) is 2.97. The van der Waals surface area contributed by atoms with Crippen LogP contribution in [0.5, 0.6) is 17.4 Å². The number of nitrogens with zero attached hydrogens (tertiary/aromatic N) is 1. The maximum Gasteiger partial charge on any atom is 0.231 e. The highest BCUT2D eigenvalue weighted by Crippen LogP contribution is 2.36. The van der Waals surface area contributed by atoms with Crippen LogP contribution < -0.4 is 19.5 Å². The van der Waals surface area contributed by atoms with Crippen molar-refractivity contribution < 1.29 is 14.2 Å². The summed E-state index contributed by atoms with van der Waals surface area (Å²) in [7, 11) is 0. The standard InChI is InChI=1S/C15H14N2O3/c1-3-12(17-15-11(1)8-16-5-6-18-15)10-2-4-13-14(7-10)20-9-19-13/h1-4,7,16H,5-6,8-9H2. The molecule has 1 aromatic carbocycles. The molecule has 0 fully saturated rings. The molecule has 20 heavy (non-hydrogen) atoms. The molecule has 0 atom stereocenters. The molecule has 0 unspecified atom stereocenters. The van der Waals surface area contributed by atoms with Gasteiger partial charge in [0.25, 0.3) is 0 Å². The largest absolute Gasteiger partial charge is 0.476 e. The number of nitrogens with one attached hydrogen (secondary N) is 1. The van der Waals surface area contributed by atoms with Crippen molar-refractivity contribution >= 4 is 0 Å². The van der Waals surface area contributed by atoms with Crippen molar-refractivity contribution in [2.75, 3.05) is 19.9 Å². The summed E-state index contributed by atoms with van der Waals surface area (Å²) in [6.45, 7) is 2.56. The lowest BCUT2D eigenvalue weighted by atomic mass is 10.1. The van der Waals surface area contributed by atoms with Gasteiger partial charge in [0.1, 0.15) is 6.61 Å². The van der Waals surface area contributed by atoms with Gasteiger partial charge in [0.2, 0.25) is 12.7 Å². The van der Waals surface area contributed by atoms with Gasteiger partial charge >= 0.3 is 0 Å². The summed E-state index contributed by atoms with van der Waals surface area (Å²) in [5, 5.41) is 3.30. The average molecular weight is 270 g/mol.